The molecule has 0 aliphatic rings. The molecule has 0 aromatic carbocycles. The van der Waals surface area contributed by atoms with Crippen LogP contribution in [-0.4, -0.2) is 30.8 Å². The second-order valence-corrected chi connectivity index (χ2v) is 6.82. The molecule has 6 nitrogen and oxygen atoms in total. The van der Waals surface area contributed by atoms with Gasteiger partial charge in [-0.3, -0.25) is 4.68 Å². The quantitative estimate of drug-likeness (QED) is 0.806. The molecule has 0 saturated carbocycles. The van der Waals surface area contributed by atoms with E-state index < -0.39 is 10.0 Å². The minimum Gasteiger partial charge on any atom is -0.330 e. The first kappa shape index (κ1) is 16.1. The molecule has 1 aromatic heterocycles. The average molecular weight is 288 g/mol. The third-order valence-corrected chi connectivity index (χ3v) is 5.04. The molecule has 1 heterocycles. The Morgan fingerprint density at radius 1 is 1.37 bits per heavy atom. The highest BCUT2D eigenvalue weighted by Crippen LogP contribution is 2.20. The zero-order chi connectivity index (χ0) is 14.8. The predicted octanol–water partition coefficient (Wildman–Crippen LogP) is 0.689. The Hall–Kier alpha value is -0.920. The van der Waals surface area contributed by atoms with Gasteiger partial charge in [0.2, 0.25) is 10.0 Å². The van der Waals surface area contributed by atoms with Gasteiger partial charge in [-0.05, 0) is 32.7 Å². The van der Waals surface area contributed by atoms with Gasteiger partial charge in [0, 0.05) is 13.1 Å². The van der Waals surface area contributed by atoms with Crippen LogP contribution in [0.1, 0.15) is 31.7 Å². The van der Waals surface area contributed by atoms with E-state index in [4.69, 9.17) is 5.73 Å². The van der Waals surface area contributed by atoms with Gasteiger partial charge >= 0.3 is 0 Å². The van der Waals surface area contributed by atoms with Crippen molar-refractivity contribution in [1.29, 1.82) is 0 Å². The third-order valence-electron chi connectivity index (χ3n) is 3.30. The van der Waals surface area contributed by atoms with Crippen molar-refractivity contribution in [3.8, 4) is 0 Å². The highest BCUT2D eigenvalue weighted by atomic mass is 32.2. The summed E-state index contributed by atoms with van der Waals surface area (Å²) in [6, 6.07) is -0.158. The van der Waals surface area contributed by atoms with Crippen molar-refractivity contribution in [2.75, 3.05) is 6.54 Å². The van der Waals surface area contributed by atoms with Crippen LogP contribution in [0.25, 0.3) is 0 Å². The zero-order valence-electron chi connectivity index (χ0n) is 12.3. The van der Waals surface area contributed by atoms with Crippen molar-refractivity contribution in [2.45, 2.75) is 45.1 Å². The summed E-state index contributed by atoms with van der Waals surface area (Å²) in [5, 5.41) is 4.15. The number of nitrogens with zero attached hydrogens (tertiary/aromatic N) is 2. The molecule has 7 heteroatoms. The van der Waals surface area contributed by atoms with Crippen molar-refractivity contribution in [2.24, 2.45) is 18.7 Å². The molecule has 1 unspecified atom stereocenters. The Kier molecular flexibility index (Phi) is 5.11. The average Bonchev–Trinajstić information content (AvgIpc) is 2.52. The maximum absolute atomic E-state index is 12.5. The number of aryl methyl sites for hydroxylation is 2. The van der Waals surface area contributed by atoms with Gasteiger partial charge in [0.1, 0.15) is 4.90 Å². The fraction of sp³-hybridized carbons (Fsp3) is 0.750. The summed E-state index contributed by atoms with van der Waals surface area (Å²) in [5.74, 6) is 0.190. The largest absolute Gasteiger partial charge is 0.330 e. The van der Waals surface area contributed by atoms with Gasteiger partial charge in [0.15, 0.2) is 0 Å². The van der Waals surface area contributed by atoms with Crippen LogP contribution in [0.4, 0.5) is 0 Å². The van der Waals surface area contributed by atoms with Gasteiger partial charge in [-0.15, -0.1) is 0 Å². The van der Waals surface area contributed by atoms with Gasteiger partial charge in [-0.2, -0.15) is 5.10 Å². The summed E-state index contributed by atoms with van der Waals surface area (Å²) >= 11 is 0. The van der Waals surface area contributed by atoms with Crippen LogP contribution in [0.2, 0.25) is 0 Å². The molecule has 0 amide bonds. The first-order valence-corrected chi connectivity index (χ1v) is 7.91. The number of nitrogens with two attached hydrogens (primary N) is 1. The van der Waals surface area contributed by atoms with Crippen molar-refractivity contribution in [3.05, 3.63) is 11.4 Å². The molecule has 0 bridgehead atoms. The monoisotopic (exact) mass is 288 g/mol. The van der Waals surface area contributed by atoms with E-state index in [0.29, 0.717) is 24.4 Å². The van der Waals surface area contributed by atoms with Crippen molar-refractivity contribution in [1.82, 2.24) is 14.5 Å². The lowest BCUT2D eigenvalue weighted by atomic mass is 10.0. The number of hydrogen-bond acceptors (Lipinski definition) is 4. The lowest BCUT2D eigenvalue weighted by molar-refractivity contribution is 0.428. The van der Waals surface area contributed by atoms with Gasteiger partial charge < -0.3 is 5.73 Å². The first-order valence-electron chi connectivity index (χ1n) is 6.43. The highest BCUT2D eigenvalue weighted by molar-refractivity contribution is 7.89. The Bertz CT molecular complexity index is 534. The van der Waals surface area contributed by atoms with Crippen LogP contribution < -0.4 is 10.5 Å². The molecule has 0 radical (unpaired) electrons. The van der Waals surface area contributed by atoms with Crippen LogP contribution in [-0.2, 0) is 17.1 Å². The van der Waals surface area contributed by atoms with Crippen molar-refractivity contribution < 1.29 is 8.42 Å². The van der Waals surface area contributed by atoms with E-state index in [0.717, 1.165) is 0 Å². The fourth-order valence-electron chi connectivity index (χ4n) is 2.11. The van der Waals surface area contributed by atoms with E-state index >= 15 is 0 Å². The number of rotatable bonds is 6. The summed E-state index contributed by atoms with van der Waals surface area (Å²) in [7, 11) is -1.82. The van der Waals surface area contributed by atoms with Gasteiger partial charge in [-0.25, -0.2) is 13.1 Å². The Morgan fingerprint density at radius 2 is 1.95 bits per heavy atom. The highest BCUT2D eigenvalue weighted by Gasteiger charge is 2.27. The Morgan fingerprint density at radius 3 is 2.32 bits per heavy atom. The van der Waals surface area contributed by atoms with Gasteiger partial charge in [0.25, 0.3) is 0 Å². The number of hydrogen-bond donors (Lipinski definition) is 2. The molecule has 0 fully saturated rings. The van der Waals surface area contributed by atoms with Crippen LogP contribution >= 0.6 is 0 Å². The summed E-state index contributed by atoms with van der Waals surface area (Å²) in [6.45, 7) is 7.87. The Labute approximate surface area is 115 Å². The fourth-order valence-corrected chi connectivity index (χ4v) is 3.97. The second-order valence-electron chi connectivity index (χ2n) is 5.17. The maximum atomic E-state index is 12.5. The molecule has 0 spiro atoms. The lowest BCUT2D eigenvalue weighted by Crippen LogP contribution is -2.40. The standard InChI is InChI=1S/C12H24N4O2S/c1-8(2)11(6-7-13)15-19(17,18)12-9(3)14-16(5)10(12)4/h8,11,15H,6-7,13H2,1-5H3. The summed E-state index contributed by atoms with van der Waals surface area (Å²) in [4.78, 5) is 0.276. The Balaban J connectivity index is 3.10. The molecular weight excluding hydrogens is 264 g/mol. The van der Waals surface area contributed by atoms with E-state index in [1.807, 2.05) is 13.8 Å². The molecule has 110 valence electrons. The molecule has 1 rings (SSSR count). The minimum absolute atomic E-state index is 0.158. The number of nitrogens with one attached hydrogen (secondary N) is 1. The second kappa shape index (κ2) is 6.02. The summed E-state index contributed by atoms with van der Waals surface area (Å²) in [5.41, 5.74) is 6.69. The summed E-state index contributed by atoms with van der Waals surface area (Å²) < 4.78 is 29.3. The van der Waals surface area contributed by atoms with Crippen molar-refractivity contribution >= 4 is 10.0 Å². The molecule has 1 atom stereocenters. The predicted molar refractivity (Wildman–Crippen MR) is 75.3 cm³/mol. The third kappa shape index (κ3) is 3.55. The SMILES string of the molecule is Cc1nn(C)c(C)c1S(=O)(=O)NC(CCN)C(C)C. The number of sulfonamides is 1. The number of aromatic nitrogens is 2. The molecule has 3 N–H and O–H groups in total. The van der Waals surface area contributed by atoms with Crippen molar-refractivity contribution in [3.63, 3.8) is 0 Å². The summed E-state index contributed by atoms with van der Waals surface area (Å²) in [6.07, 6.45) is 0.620. The van der Waals surface area contributed by atoms with E-state index in [1.54, 1.807) is 25.6 Å². The van der Waals surface area contributed by atoms with Gasteiger partial charge in [0.05, 0.1) is 11.4 Å². The molecular formula is C12H24N4O2S. The smallest absolute Gasteiger partial charge is 0.244 e. The van der Waals surface area contributed by atoms with Crippen LogP contribution in [0.5, 0.6) is 0 Å². The molecule has 0 aliphatic carbocycles. The first-order chi connectivity index (χ1) is 8.70. The van der Waals surface area contributed by atoms with Crippen LogP contribution in [0.15, 0.2) is 4.90 Å². The lowest BCUT2D eigenvalue weighted by Gasteiger charge is -2.21. The van der Waals surface area contributed by atoms with E-state index in [1.165, 1.54) is 0 Å². The molecule has 19 heavy (non-hydrogen) atoms. The minimum atomic E-state index is -3.56. The maximum Gasteiger partial charge on any atom is 0.244 e. The van der Waals surface area contributed by atoms with E-state index in [-0.39, 0.29) is 16.9 Å². The molecule has 0 saturated heterocycles. The van der Waals surface area contributed by atoms with Crippen LogP contribution in [0, 0.1) is 19.8 Å². The van der Waals surface area contributed by atoms with Gasteiger partial charge in [-0.1, -0.05) is 13.8 Å². The topological polar surface area (TPSA) is 90.0 Å². The molecule has 1 aromatic rings. The van der Waals surface area contributed by atoms with E-state index in [9.17, 15) is 8.42 Å². The zero-order valence-corrected chi connectivity index (χ0v) is 13.1. The van der Waals surface area contributed by atoms with Crippen LogP contribution in [0.3, 0.4) is 0 Å². The molecule has 0 aliphatic heterocycles. The normalized spacial score (nSPS) is 14.1. The van der Waals surface area contributed by atoms with E-state index in [2.05, 4.69) is 9.82 Å².